The molecule has 2 saturated heterocycles. The van der Waals surface area contributed by atoms with Gasteiger partial charge in [0.15, 0.2) is 0 Å². The van der Waals surface area contributed by atoms with Gasteiger partial charge in [-0.25, -0.2) is 0 Å². The van der Waals surface area contributed by atoms with Crippen LogP contribution < -0.4 is 5.73 Å². The highest BCUT2D eigenvalue weighted by Gasteiger charge is 2.52. The standard InChI is InChI=1S/C13H24N2O2/c1-2-17-11-7-10(14)12(11)15-8-13(9-15)3-5-16-6-4-13/h10-12H,2-9,14H2,1H3. The van der Waals surface area contributed by atoms with Crippen molar-refractivity contribution < 1.29 is 9.47 Å². The monoisotopic (exact) mass is 240 g/mol. The van der Waals surface area contributed by atoms with E-state index in [9.17, 15) is 0 Å². The SMILES string of the molecule is CCOC1CC(N)C1N1CC2(CCOCC2)C1. The first-order valence-corrected chi connectivity index (χ1v) is 6.93. The fourth-order valence-corrected chi connectivity index (χ4v) is 3.66. The predicted octanol–water partition coefficient (Wildman–Crippen LogP) is 0.604. The van der Waals surface area contributed by atoms with E-state index in [0.29, 0.717) is 23.6 Å². The molecule has 2 aliphatic heterocycles. The number of ether oxygens (including phenoxy) is 2. The van der Waals surface area contributed by atoms with Crippen molar-refractivity contribution in [3.63, 3.8) is 0 Å². The van der Waals surface area contributed by atoms with Crippen LogP contribution in [0.2, 0.25) is 0 Å². The smallest absolute Gasteiger partial charge is 0.0760 e. The summed E-state index contributed by atoms with van der Waals surface area (Å²) in [6.45, 7) is 7.17. The van der Waals surface area contributed by atoms with E-state index in [-0.39, 0.29) is 0 Å². The summed E-state index contributed by atoms with van der Waals surface area (Å²) in [5, 5.41) is 0. The number of likely N-dealkylation sites (tertiary alicyclic amines) is 1. The summed E-state index contributed by atoms with van der Waals surface area (Å²) >= 11 is 0. The van der Waals surface area contributed by atoms with Gasteiger partial charge in [0.05, 0.1) is 12.1 Å². The number of nitrogens with two attached hydrogens (primary N) is 1. The van der Waals surface area contributed by atoms with Crippen LogP contribution in [0, 0.1) is 5.41 Å². The highest BCUT2D eigenvalue weighted by atomic mass is 16.5. The molecule has 3 rings (SSSR count). The molecular formula is C13H24N2O2. The molecule has 4 heteroatoms. The minimum Gasteiger partial charge on any atom is -0.381 e. The van der Waals surface area contributed by atoms with E-state index in [1.807, 2.05) is 0 Å². The van der Waals surface area contributed by atoms with Gasteiger partial charge in [-0.1, -0.05) is 0 Å². The van der Waals surface area contributed by atoms with Gasteiger partial charge in [-0.3, -0.25) is 4.90 Å². The molecule has 0 aromatic heterocycles. The van der Waals surface area contributed by atoms with Crippen molar-refractivity contribution in [2.45, 2.75) is 44.4 Å². The van der Waals surface area contributed by atoms with Crippen LogP contribution >= 0.6 is 0 Å². The van der Waals surface area contributed by atoms with Crippen molar-refractivity contribution in [3.05, 3.63) is 0 Å². The third-order valence-electron chi connectivity index (χ3n) is 4.76. The highest BCUT2D eigenvalue weighted by Crippen LogP contribution is 2.44. The lowest BCUT2D eigenvalue weighted by Gasteiger charge is -2.60. The largest absolute Gasteiger partial charge is 0.381 e. The first-order valence-electron chi connectivity index (χ1n) is 6.93. The summed E-state index contributed by atoms with van der Waals surface area (Å²) in [5.74, 6) is 0. The Morgan fingerprint density at radius 1 is 1.35 bits per heavy atom. The minimum absolute atomic E-state index is 0.323. The Labute approximate surface area is 103 Å². The molecule has 3 aliphatic rings. The van der Waals surface area contributed by atoms with Gasteiger partial charge < -0.3 is 15.2 Å². The molecular weight excluding hydrogens is 216 g/mol. The second kappa shape index (κ2) is 4.50. The molecule has 0 amide bonds. The van der Waals surface area contributed by atoms with Crippen LogP contribution in [0.3, 0.4) is 0 Å². The quantitative estimate of drug-likeness (QED) is 0.785. The Kier molecular flexibility index (Phi) is 3.15. The molecule has 2 heterocycles. The van der Waals surface area contributed by atoms with E-state index in [4.69, 9.17) is 15.2 Å². The maximum atomic E-state index is 6.13. The van der Waals surface area contributed by atoms with Gasteiger partial charge >= 0.3 is 0 Å². The zero-order valence-electron chi connectivity index (χ0n) is 10.7. The van der Waals surface area contributed by atoms with E-state index in [1.54, 1.807) is 0 Å². The topological polar surface area (TPSA) is 47.7 Å². The number of nitrogens with zero attached hydrogens (tertiary/aromatic N) is 1. The van der Waals surface area contributed by atoms with Crippen LogP contribution in [0.5, 0.6) is 0 Å². The van der Waals surface area contributed by atoms with E-state index in [0.717, 1.165) is 26.2 Å². The average molecular weight is 240 g/mol. The fourth-order valence-electron chi connectivity index (χ4n) is 3.66. The Hall–Kier alpha value is -0.160. The molecule has 98 valence electrons. The third kappa shape index (κ3) is 2.01. The molecule has 3 fully saturated rings. The molecule has 0 aromatic carbocycles. The normalized spacial score (nSPS) is 40.9. The molecule has 0 bridgehead atoms. The Bertz CT molecular complexity index is 269. The number of hydrogen-bond donors (Lipinski definition) is 1. The molecule has 3 atom stereocenters. The molecule has 1 aliphatic carbocycles. The number of hydrogen-bond acceptors (Lipinski definition) is 4. The molecule has 0 aromatic rings. The second-order valence-corrected chi connectivity index (χ2v) is 5.90. The predicted molar refractivity (Wildman–Crippen MR) is 65.9 cm³/mol. The summed E-state index contributed by atoms with van der Waals surface area (Å²) in [4.78, 5) is 2.54. The van der Waals surface area contributed by atoms with Crippen molar-refractivity contribution >= 4 is 0 Å². The van der Waals surface area contributed by atoms with Crippen LogP contribution in [0.25, 0.3) is 0 Å². The van der Waals surface area contributed by atoms with Crippen molar-refractivity contribution in [2.24, 2.45) is 11.1 Å². The van der Waals surface area contributed by atoms with Crippen molar-refractivity contribution in [3.8, 4) is 0 Å². The van der Waals surface area contributed by atoms with Gasteiger partial charge in [-0.2, -0.15) is 0 Å². The lowest BCUT2D eigenvalue weighted by atomic mass is 9.69. The van der Waals surface area contributed by atoms with Crippen LogP contribution in [0.1, 0.15) is 26.2 Å². The zero-order valence-corrected chi connectivity index (χ0v) is 10.7. The molecule has 4 nitrogen and oxygen atoms in total. The molecule has 0 radical (unpaired) electrons. The van der Waals surface area contributed by atoms with Crippen LogP contribution in [-0.2, 0) is 9.47 Å². The summed E-state index contributed by atoms with van der Waals surface area (Å²) in [6, 6.07) is 0.798. The van der Waals surface area contributed by atoms with Crippen molar-refractivity contribution in [1.29, 1.82) is 0 Å². The van der Waals surface area contributed by atoms with Crippen LogP contribution in [0.15, 0.2) is 0 Å². The third-order valence-corrected chi connectivity index (χ3v) is 4.76. The second-order valence-electron chi connectivity index (χ2n) is 5.90. The molecule has 2 N–H and O–H groups in total. The first-order chi connectivity index (χ1) is 8.24. The maximum absolute atomic E-state index is 6.13. The molecule has 17 heavy (non-hydrogen) atoms. The van der Waals surface area contributed by atoms with Gasteiger partial charge in [0, 0.05) is 44.4 Å². The van der Waals surface area contributed by atoms with E-state index in [1.165, 1.54) is 25.9 Å². The lowest BCUT2D eigenvalue weighted by molar-refractivity contribution is -0.158. The summed E-state index contributed by atoms with van der Waals surface area (Å²) < 4.78 is 11.2. The fraction of sp³-hybridized carbons (Fsp3) is 1.00. The summed E-state index contributed by atoms with van der Waals surface area (Å²) in [5.41, 5.74) is 6.67. The highest BCUT2D eigenvalue weighted by molar-refractivity contribution is 5.08. The van der Waals surface area contributed by atoms with Gasteiger partial charge in [0.25, 0.3) is 0 Å². The van der Waals surface area contributed by atoms with Crippen molar-refractivity contribution in [2.75, 3.05) is 32.9 Å². The Morgan fingerprint density at radius 2 is 2.06 bits per heavy atom. The Morgan fingerprint density at radius 3 is 2.65 bits per heavy atom. The van der Waals surface area contributed by atoms with Crippen molar-refractivity contribution in [1.82, 2.24) is 4.90 Å². The van der Waals surface area contributed by atoms with Gasteiger partial charge in [-0.15, -0.1) is 0 Å². The van der Waals surface area contributed by atoms with E-state index >= 15 is 0 Å². The van der Waals surface area contributed by atoms with E-state index < -0.39 is 0 Å². The lowest BCUT2D eigenvalue weighted by Crippen LogP contribution is -2.72. The molecule has 3 unspecified atom stereocenters. The minimum atomic E-state index is 0.323. The summed E-state index contributed by atoms with van der Waals surface area (Å²) in [6.07, 6.45) is 3.87. The van der Waals surface area contributed by atoms with Gasteiger partial charge in [0.1, 0.15) is 0 Å². The van der Waals surface area contributed by atoms with Crippen LogP contribution in [-0.4, -0.2) is 56.0 Å². The maximum Gasteiger partial charge on any atom is 0.0760 e. The average Bonchev–Trinajstić information content (AvgIpc) is 2.28. The van der Waals surface area contributed by atoms with Gasteiger partial charge in [-0.05, 0) is 26.2 Å². The summed E-state index contributed by atoms with van der Waals surface area (Å²) in [7, 11) is 0. The van der Waals surface area contributed by atoms with E-state index in [2.05, 4.69) is 11.8 Å². The first kappa shape index (κ1) is 11.9. The van der Waals surface area contributed by atoms with Gasteiger partial charge in [0.2, 0.25) is 0 Å². The molecule has 1 saturated carbocycles. The Balaban J connectivity index is 1.53. The van der Waals surface area contributed by atoms with Crippen LogP contribution in [0.4, 0.5) is 0 Å². The number of rotatable bonds is 3. The zero-order chi connectivity index (χ0) is 11.9. The molecule has 1 spiro atoms.